The first kappa shape index (κ1) is 12.9. The van der Waals surface area contributed by atoms with Gasteiger partial charge in [0.05, 0.1) is 7.11 Å². The van der Waals surface area contributed by atoms with Crippen LogP contribution in [0.5, 0.6) is 0 Å². The van der Waals surface area contributed by atoms with Crippen LogP contribution >= 0.6 is 23.4 Å². The molecular formula is C13H10ClNO2S. The van der Waals surface area contributed by atoms with Crippen molar-refractivity contribution in [1.29, 1.82) is 0 Å². The van der Waals surface area contributed by atoms with Crippen molar-refractivity contribution in [2.45, 2.75) is 9.79 Å². The Balaban J connectivity index is 2.10. The summed E-state index contributed by atoms with van der Waals surface area (Å²) in [5.41, 5.74) is 0.304. The van der Waals surface area contributed by atoms with Gasteiger partial charge in [-0.15, -0.1) is 0 Å². The van der Waals surface area contributed by atoms with E-state index in [2.05, 4.69) is 9.72 Å². The second kappa shape index (κ2) is 5.89. The van der Waals surface area contributed by atoms with Gasteiger partial charge in [-0.2, -0.15) is 0 Å². The topological polar surface area (TPSA) is 39.2 Å². The van der Waals surface area contributed by atoms with Gasteiger partial charge in [0.25, 0.3) is 0 Å². The van der Waals surface area contributed by atoms with E-state index in [4.69, 9.17) is 11.6 Å². The minimum absolute atomic E-state index is 0.304. The summed E-state index contributed by atoms with van der Waals surface area (Å²) >= 11 is 7.36. The van der Waals surface area contributed by atoms with Gasteiger partial charge in [0, 0.05) is 21.0 Å². The normalized spacial score (nSPS) is 10.1. The van der Waals surface area contributed by atoms with Crippen molar-refractivity contribution in [3.05, 3.63) is 53.3 Å². The molecule has 5 heteroatoms. The van der Waals surface area contributed by atoms with E-state index in [-0.39, 0.29) is 0 Å². The predicted molar refractivity (Wildman–Crippen MR) is 71.2 cm³/mol. The molecule has 92 valence electrons. The summed E-state index contributed by atoms with van der Waals surface area (Å²) in [7, 11) is 1.33. The number of nitrogens with zero attached hydrogens (tertiary/aromatic N) is 1. The summed E-state index contributed by atoms with van der Waals surface area (Å²) in [5, 5.41) is 0.707. The van der Waals surface area contributed by atoms with E-state index in [1.807, 2.05) is 30.3 Å². The van der Waals surface area contributed by atoms with Crippen molar-refractivity contribution in [2.24, 2.45) is 0 Å². The van der Waals surface area contributed by atoms with Crippen LogP contribution in [-0.2, 0) is 4.74 Å². The Kier molecular flexibility index (Phi) is 4.23. The lowest BCUT2D eigenvalue weighted by Gasteiger charge is -2.02. The van der Waals surface area contributed by atoms with Gasteiger partial charge < -0.3 is 4.74 Å². The highest BCUT2D eigenvalue weighted by Gasteiger charge is 2.06. The third-order valence-corrected chi connectivity index (χ3v) is 3.42. The molecule has 2 aromatic rings. The van der Waals surface area contributed by atoms with E-state index in [9.17, 15) is 4.79 Å². The molecule has 0 N–H and O–H groups in total. The molecular weight excluding hydrogens is 270 g/mol. The zero-order chi connectivity index (χ0) is 13.0. The molecule has 0 aliphatic heterocycles. The van der Waals surface area contributed by atoms with Crippen molar-refractivity contribution < 1.29 is 9.53 Å². The molecule has 0 radical (unpaired) electrons. The van der Waals surface area contributed by atoms with Gasteiger partial charge in [-0.3, -0.25) is 0 Å². The minimum Gasteiger partial charge on any atom is -0.464 e. The molecule has 0 amide bonds. The van der Waals surface area contributed by atoms with Crippen molar-refractivity contribution in [3.8, 4) is 0 Å². The lowest BCUT2D eigenvalue weighted by atomic mass is 10.3. The largest absolute Gasteiger partial charge is 0.464 e. The van der Waals surface area contributed by atoms with Crippen molar-refractivity contribution in [3.63, 3.8) is 0 Å². The zero-order valence-corrected chi connectivity index (χ0v) is 11.2. The van der Waals surface area contributed by atoms with Crippen LogP contribution in [0.15, 0.2) is 52.4 Å². The second-order valence-electron chi connectivity index (χ2n) is 3.43. The van der Waals surface area contributed by atoms with E-state index in [1.165, 1.54) is 7.11 Å². The smallest absolute Gasteiger partial charge is 0.356 e. The molecule has 0 aliphatic rings. The fourth-order valence-electron chi connectivity index (χ4n) is 1.30. The average molecular weight is 280 g/mol. The third kappa shape index (κ3) is 3.24. The molecule has 0 unspecified atom stereocenters. The summed E-state index contributed by atoms with van der Waals surface area (Å²) in [5.74, 6) is -0.432. The van der Waals surface area contributed by atoms with Gasteiger partial charge >= 0.3 is 5.97 Å². The molecule has 1 aromatic carbocycles. The van der Waals surface area contributed by atoms with Gasteiger partial charge in [-0.25, -0.2) is 9.78 Å². The molecule has 1 aromatic heterocycles. The molecule has 1 heterocycles. The number of halogens is 1. The van der Waals surface area contributed by atoms with Crippen LogP contribution in [-0.4, -0.2) is 18.1 Å². The first-order chi connectivity index (χ1) is 8.69. The Morgan fingerprint density at radius 2 is 1.83 bits per heavy atom. The Hall–Kier alpha value is -1.52. The molecule has 3 nitrogen and oxygen atoms in total. The number of rotatable bonds is 3. The fourth-order valence-corrected chi connectivity index (χ4v) is 2.22. The van der Waals surface area contributed by atoms with Crippen molar-refractivity contribution in [2.75, 3.05) is 7.11 Å². The molecule has 18 heavy (non-hydrogen) atoms. The Morgan fingerprint density at radius 1 is 1.17 bits per heavy atom. The highest BCUT2D eigenvalue weighted by atomic mass is 35.5. The number of ether oxygens (including phenoxy) is 1. The summed E-state index contributed by atoms with van der Waals surface area (Å²) < 4.78 is 4.58. The summed E-state index contributed by atoms with van der Waals surface area (Å²) in [6, 6.07) is 11.0. The number of carbonyl (C=O) groups is 1. The molecule has 0 fully saturated rings. The monoisotopic (exact) mass is 279 g/mol. The van der Waals surface area contributed by atoms with Crippen LogP contribution in [0.4, 0.5) is 0 Å². The fraction of sp³-hybridized carbons (Fsp3) is 0.0769. The summed E-state index contributed by atoms with van der Waals surface area (Å²) in [6.07, 6.45) is 1.64. The van der Waals surface area contributed by atoms with Crippen LogP contribution in [0.3, 0.4) is 0 Å². The average Bonchev–Trinajstić information content (AvgIpc) is 2.41. The van der Waals surface area contributed by atoms with E-state index in [1.54, 1.807) is 24.0 Å². The highest BCUT2D eigenvalue weighted by Crippen LogP contribution is 2.27. The van der Waals surface area contributed by atoms with Crippen LogP contribution in [0.25, 0.3) is 0 Å². The maximum absolute atomic E-state index is 11.2. The van der Waals surface area contributed by atoms with E-state index in [0.717, 1.165) is 9.79 Å². The third-order valence-electron chi connectivity index (χ3n) is 2.18. The summed E-state index contributed by atoms with van der Waals surface area (Å²) in [6.45, 7) is 0. The van der Waals surface area contributed by atoms with Gasteiger partial charge in [-0.05, 0) is 36.4 Å². The number of pyridine rings is 1. The lowest BCUT2D eigenvalue weighted by Crippen LogP contribution is -2.03. The Morgan fingerprint density at radius 3 is 2.39 bits per heavy atom. The zero-order valence-electron chi connectivity index (χ0n) is 9.59. The van der Waals surface area contributed by atoms with E-state index in [0.29, 0.717) is 10.7 Å². The summed E-state index contributed by atoms with van der Waals surface area (Å²) in [4.78, 5) is 17.3. The van der Waals surface area contributed by atoms with E-state index < -0.39 is 5.97 Å². The molecule has 0 bridgehead atoms. The van der Waals surface area contributed by atoms with Crippen LogP contribution in [0.1, 0.15) is 10.5 Å². The van der Waals surface area contributed by atoms with Gasteiger partial charge in [0.15, 0.2) is 0 Å². The van der Waals surface area contributed by atoms with Gasteiger partial charge in [0.2, 0.25) is 0 Å². The first-order valence-corrected chi connectivity index (χ1v) is 6.36. The van der Waals surface area contributed by atoms with E-state index >= 15 is 0 Å². The molecule has 2 rings (SSSR count). The van der Waals surface area contributed by atoms with Crippen LogP contribution < -0.4 is 0 Å². The molecule has 0 saturated carbocycles. The Bertz CT molecular complexity index is 540. The van der Waals surface area contributed by atoms with Gasteiger partial charge in [-0.1, -0.05) is 23.4 Å². The number of hydrogen-bond acceptors (Lipinski definition) is 4. The number of methoxy groups -OCH3 is 1. The van der Waals surface area contributed by atoms with Crippen LogP contribution in [0.2, 0.25) is 5.02 Å². The van der Waals surface area contributed by atoms with Crippen molar-refractivity contribution >= 4 is 29.3 Å². The number of esters is 1. The SMILES string of the molecule is COC(=O)c1ccc(Sc2ccc(Cl)cc2)cn1. The maximum atomic E-state index is 11.2. The number of carbonyl (C=O) groups excluding carboxylic acids is 1. The maximum Gasteiger partial charge on any atom is 0.356 e. The number of aromatic nitrogens is 1. The standard InChI is InChI=1S/C13H10ClNO2S/c1-17-13(16)12-7-6-11(8-15-12)18-10-4-2-9(14)3-5-10/h2-8H,1H3. The second-order valence-corrected chi connectivity index (χ2v) is 5.01. The lowest BCUT2D eigenvalue weighted by molar-refractivity contribution is 0.0594. The minimum atomic E-state index is -0.432. The van der Waals surface area contributed by atoms with Crippen LogP contribution in [0, 0.1) is 0 Å². The number of benzene rings is 1. The highest BCUT2D eigenvalue weighted by molar-refractivity contribution is 7.99. The van der Waals surface area contributed by atoms with Crippen molar-refractivity contribution in [1.82, 2.24) is 4.98 Å². The molecule has 0 spiro atoms. The van der Waals surface area contributed by atoms with Gasteiger partial charge in [0.1, 0.15) is 5.69 Å². The molecule has 0 atom stereocenters. The first-order valence-electron chi connectivity index (χ1n) is 5.17. The number of hydrogen-bond donors (Lipinski definition) is 0. The molecule has 0 saturated heterocycles. The Labute approximate surface area is 114 Å². The molecule has 0 aliphatic carbocycles. The predicted octanol–water partition coefficient (Wildman–Crippen LogP) is 3.67. The quantitative estimate of drug-likeness (QED) is 0.804.